The molecule has 3 aliphatic rings. The fraction of sp³-hybridized carbons (Fsp3) is 0.535. The zero-order valence-electron chi connectivity index (χ0n) is 32.0. The molecule has 1 aliphatic heterocycles. The first kappa shape index (κ1) is 41.8. The van der Waals surface area contributed by atoms with E-state index in [1.54, 1.807) is 76.2 Å². The summed E-state index contributed by atoms with van der Waals surface area (Å²) in [4.78, 5) is 48.6. The summed E-state index contributed by atoms with van der Waals surface area (Å²) < 4.78 is 22.3. The quantitative estimate of drug-likeness (QED) is 0.129. The summed E-state index contributed by atoms with van der Waals surface area (Å²) in [5.41, 5.74) is 1.24. The van der Waals surface area contributed by atoms with E-state index in [0.717, 1.165) is 32.1 Å². The van der Waals surface area contributed by atoms with Crippen molar-refractivity contribution in [3.8, 4) is 5.75 Å². The van der Waals surface area contributed by atoms with Crippen LogP contribution in [0, 0.1) is 23.7 Å². The Kier molecular flexibility index (Phi) is 14.9. The number of allylic oxidation sites excluding steroid dienone is 3. The number of benzene rings is 2. The molecule has 0 unspecified atom stereocenters. The van der Waals surface area contributed by atoms with Crippen LogP contribution >= 0.6 is 11.6 Å². The highest BCUT2D eigenvalue weighted by Gasteiger charge is 2.41. The van der Waals surface area contributed by atoms with Gasteiger partial charge in [-0.05, 0) is 126 Å². The SMILES string of the molecule is CC(C)OC(=O)C(C)(C)Oc1ccc(C(=O)c2ccc(Cl)cc2)cc1.CC[C@H](C)C(=O)O[C@H]1CCC=C2C=C[C@H](C)[C@H](CC[C@@H]3C[C@@H](O)CC(=O)O3)[C@H]21. The molecule has 0 bridgehead atoms. The number of ketones is 1. The molecular weight excluding hydrogens is 696 g/mol. The van der Waals surface area contributed by atoms with E-state index in [4.69, 9.17) is 30.5 Å². The molecule has 5 rings (SSSR count). The van der Waals surface area contributed by atoms with Crippen molar-refractivity contribution < 1.29 is 43.2 Å². The summed E-state index contributed by atoms with van der Waals surface area (Å²) in [6, 6.07) is 13.4. The minimum atomic E-state index is -1.12. The van der Waals surface area contributed by atoms with E-state index in [1.807, 2.05) is 13.8 Å². The van der Waals surface area contributed by atoms with Crippen LogP contribution in [0.25, 0.3) is 0 Å². The number of rotatable bonds is 12. The van der Waals surface area contributed by atoms with Crippen molar-refractivity contribution >= 4 is 35.3 Å². The summed E-state index contributed by atoms with van der Waals surface area (Å²) in [5, 5.41) is 10.4. The fourth-order valence-corrected chi connectivity index (χ4v) is 7.06. The Morgan fingerprint density at radius 2 is 1.64 bits per heavy atom. The molecule has 0 radical (unpaired) electrons. The molecule has 2 aromatic rings. The molecule has 0 amide bonds. The van der Waals surface area contributed by atoms with E-state index < -0.39 is 17.7 Å². The third-order valence-electron chi connectivity index (χ3n) is 10.1. The maximum Gasteiger partial charge on any atom is 0.350 e. The minimum Gasteiger partial charge on any atom is -0.476 e. The van der Waals surface area contributed by atoms with E-state index >= 15 is 0 Å². The van der Waals surface area contributed by atoms with Crippen LogP contribution in [-0.4, -0.2) is 58.8 Å². The van der Waals surface area contributed by atoms with Gasteiger partial charge in [-0.2, -0.15) is 0 Å². The van der Waals surface area contributed by atoms with Crippen LogP contribution in [0.5, 0.6) is 5.75 Å². The first-order chi connectivity index (χ1) is 25.1. The molecule has 0 aromatic heterocycles. The van der Waals surface area contributed by atoms with Crippen molar-refractivity contribution in [1.82, 2.24) is 0 Å². The number of halogens is 1. The maximum absolute atomic E-state index is 12.4. The van der Waals surface area contributed by atoms with Crippen molar-refractivity contribution in [2.75, 3.05) is 0 Å². The van der Waals surface area contributed by atoms with Gasteiger partial charge in [0.05, 0.1) is 24.5 Å². The number of carbonyl (C=O) groups excluding carboxylic acids is 4. The van der Waals surface area contributed by atoms with Gasteiger partial charge in [-0.15, -0.1) is 0 Å². The smallest absolute Gasteiger partial charge is 0.350 e. The van der Waals surface area contributed by atoms with Gasteiger partial charge in [0.2, 0.25) is 0 Å². The van der Waals surface area contributed by atoms with Crippen LogP contribution in [-0.2, 0) is 28.6 Å². The van der Waals surface area contributed by atoms with E-state index in [2.05, 4.69) is 25.2 Å². The number of cyclic esters (lactones) is 1. The molecule has 9 nitrogen and oxygen atoms in total. The van der Waals surface area contributed by atoms with Gasteiger partial charge in [0.1, 0.15) is 18.0 Å². The van der Waals surface area contributed by atoms with Crippen LogP contribution in [0.3, 0.4) is 0 Å². The zero-order valence-corrected chi connectivity index (χ0v) is 32.8. The number of fused-ring (bicyclic) bond motifs is 1. The second-order valence-corrected chi connectivity index (χ2v) is 15.6. The van der Waals surface area contributed by atoms with Crippen LogP contribution < -0.4 is 4.74 Å². The lowest BCUT2D eigenvalue weighted by Crippen LogP contribution is -2.40. The first-order valence-electron chi connectivity index (χ1n) is 18.8. The molecule has 2 aromatic carbocycles. The number of carbonyl (C=O) groups is 4. The molecule has 0 spiro atoms. The number of aliphatic hydroxyl groups excluding tert-OH is 1. The highest BCUT2D eigenvalue weighted by atomic mass is 35.5. The van der Waals surface area contributed by atoms with Crippen molar-refractivity contribution in [3.63, 3.8) is 0 Å². The molecule has 0 saturated carbocycles. The summed E-state index contributed by atoms with van der Waals surface area (Å²) >= 11 is 5.84. The van der Waals surface area contributed by atoms with Gasteiger partial charge in [0.25, 0.3) is 0 Å². The molecule has 1 saturated heterocycles. The Morgan fingerprint density at radius 1 is 1.00 bits per heavy atom. The van der Waals surface area contributed by atoms with E-state index in [9.17, 15) is 24.3 Å². The molecule has 7 atom stereocenters. The summed E-state index contributed by atoms with van der Waals surface area (Å²) in [5.74, 6) is 0.360. The van der Waals surface area contributed by atoms with Crippen molar-refractivity contribution in [1.29, 1.82) is 0 Å². The third-order valence-corrected chi connectivity index (χ3v) is 10.4. The second kappa shape index (κ2) is 18.9. The molecule has 288 valence electrons. The highest BCUT2D eigenvalue weighted by molar-refractivity contribution is 6.30. The summed E-state index contributed by atoms with van der Waals surface area (Å²) in [6.45, 7) is 13.0. The Morgan fingerprint density at radius 3 is 2.25 bits per heavy atom. The van der Waals surface area contributed by atoms with Gasteiger partial charge < -0.3 is 24.1 Å². The van der Waals surface area contributed by atoms with Gasteiger partial charge in [-0.1, -0.05) is 50.6 Å². The fourth-order valence-electron chi connectivity index (χ4n) is 6.94. The number of hydrogen-bond acceptors (Lipinski definition) is 9. The topological polar surface area (TPSA) is 125 Å². The van der Waals surface area contributed by atoms with Crippen molar-refractivity contribution in [3.05, 3.63) is 88.5 Å². The molecule has 53 heavy (non-hydrogen) atoms. The lowest BCUT2D eigenvalue weighted by atomic mass is 9.66. The predicted molar refractivity (Wildman–Crippen MR) is 204 cm³/mol. The average Bonchev–Trinajstić information content (AvgIpc) is 3.10. The largest absolute Gasteiger partial charge is 0.476 e. The lowest BCUT2D eigenvalue weighted by molar-refractivity contribution is -0.163. The van der Waals surface area contributed by atoms with Crippen molar-refractivity contribution in [2.24, 2.45) is 23.7 Å². The Balaban J connectivity index is 0.000000238. The highest BCUT2D eigenvalue weighted by Crippen LogP contribution is 2.44. The lowest BCUT2D eigenvalue weighted by Gasteiger charge is -2.42. The van der Waals surface area contributed by atoms with Crippen LogP contribution in [0.1, 0.15) is 109 Å². The van der Waals surface area contributed by atoms with E-state index in [1.165, 1.54) is 5.57 Å². The van der Waals surface area contributed by atoms with Gasteiger partial charge in [-0.25, -0.2) is 4.79 Å². The number of aliphatic hydroxyl groups is 1. The minimum absolute atomic E-state index is 0.0764. The number of esters is 3. The normalized spacial score (nSPS) is 24.4. The Hall–Kier alpha value is -3.95. The predicted octanol–water partition coefficient (Wildman–Crippen LogP) is 8.63. The molecule has 10 heteroatoms. The standard InChI is InChI=1S/C23H34O5.C20H21ClO4/c1-4-14(2)23(26)28-20-7-5-6-16-9-8-15(3)19(22(16)20)11-10-18-12-17(24)13-21(25)27-18;1-13(2)24-19(23)20(3,4)25-17-11-7-15(8-12-17)18(22)14-5-9-16(21)10-6-14/h6,8-9,14-15,17-20,22,24H,4-5,7,10-13H2,1-3H3;5-13H,1-4H3/t14-,15-,17+,18+,19-,20-,22-;/m0./s1. The van der Waals surface area contributed by atoms with Gasteiger partial charge in [-0.3, -0.25) is 14.4 Å². The van der Waals surface area contributed by atoms with Crippen molar-refractivity contribution in [2.45, 2.75) is 123 Å². The first-order valence-corrected chi connectivity index (χ1v) is 19.2. The molecule has 1 fully saturated rings. The van der Waals surface area contributed by atoms with Crippen LogP contribution in [0.15, 0.2) is 72.3 Å². The zero-order chi connectivity index (χ0) is 38.9. The second-order valence-electron chi connectivity index (χ2n) is 15.2. The van der Waals surface area contributed by atoms with Crippen LogP contribution in [0.2, 0.25) is 5.02 Å². The van der Waals surface area contributed by atoms with Gasteiger partial charge in [0.15, 0.2) is 11.4 Å². The van der Waals surface area contributed by atoms with Gasteiger partial charge >= 0.3 is 17.9 Å². The molecule has 1 N–H and O–H groups in total. The molecular formula is C43H55ClO9. The van der Waals surface area contributed by atoms with Gasteiger partial charge in [0, 0.05) is 28.5 Å². The van der Waals surface area contributed by atoms with E-state index in [0.29, 0.717) is 40.2 Å². The maximum atomic E-state index is 12.4. The summed E-state index contributed by atoms with van der Waals surface area (Å²) in [6.07, 6.45) is 10.4. The molecule has 1 heterocycles. The monoisotopic (exact) mass is 750 g/mol. The average molecular weight is 751 g/mol. The Labute approximate surface area is 319 Å². The Bertz CT molecular complexity index is 1630. The van der Waals surface area contributed by atoms with Crippen LogP contribution in [0.4, 0.5) is 0 Å². The third kappa shape index (κ3) is 11.8. The number of hydrogen-bond donors (Lipinski definition) is 1. The summed E-state index contributed by atoms with van der Waals surface area (Å²) in [7, 11) is 0. The van der Waals surface area contributed by atoms with E-state index in [-0.39, 0.29) is 54.3 Å². The molecule has 2 aliphatic carbocycles. The number of ether oxygens (including phenoxy) is 4.